The van der Waals surface area contributed by atoms with E-state index in [0.29, 0.717) is 6.54 Å². The predicted molar refractivity (Wildman–Crippen MR) is 65.3 cm³/mol. The zero-order valence-electron chi connectivity index (χ0n) is 10.9. The van der Waals surface area contributed by atoms with E-state index >= 15 is 0 Å². The van der Waals surface area contributed by atoms with Crippen molar-refractivity contribution in [3.63, 3.8) is 0 Å². The summed E-state index contributed by atoms with van der Waals surface area (Å²) in [7, 11) is 0. The maximum atomic E-state index is 11.5. The Morgan fingerprint density at radius 2 is 2.18 bits per heavy atom. The second kappa shape index (κ2) is 5.77. The Morgan fingerprint density at radius 1 is 1.47 bits per heavy atom. The van der Waals surface area contributed by atoms with Gasteiger partial charge in [0.15, 0.2) is 0 Å². The summed E-state index contributed by atoms with van der Waals surface area (Å²) < 4.78 is 1.94. The summed E-state index contributed by atoms with van der Waals surface area (Å²) in [6, 6.07) is 0. The van der Waals surface area contributed by atoms with Crippen molar-refractivity contribution in [3.8, 4) is 0 Å². The van der Waals surface area contributed by atoms with Gasteiger partial charge in [0.1, 0.15) is 12.2 Å². The fraction of sp³-hybridized carbons (Fsp3) is 0.727. The van der Waals surface area contributed by atoms with E-state index in [1.165, 1.54) is 0 Å². The van der Waals surface area contributed by atoms with Crippen molar-refractivity contribution in [1.82, 2.24) is 25.4 Å². The molecule has 0 saturated heterocycles. The van der Waals surface area contributed by atoms with E-state index in [-0.39, 0.29) is 18.0 Å². The summed E-state index contributed by atoms with van der Waals surface area (Å²) in [6.45, 7) is 9.56. The van der Waals surface area contributed by atoms with E-state index in [1.54, 1.807) is 6.33 Å². The van der Waals surface area contributed by atoms with E-state index in [2.05, 4.69) is 20.8 Å². The van der Waals surface area contributed by atoms with Crippen LogP contribution in [0.25, 0.3) is 0 Å². The van der Waals surface area contributed by atoms with E-state index < -0.39 is 0 Å². The SMILES string of the molecule is CCn1cnnc1CNCC(=O)NC(C)(C)C. The van der Waals surface area contributed by atoms with Gasteiger partial charge in [0.25, 0.3) is 0 Å². The topological polar surface area (TPSA) is 71.8 Å². The molecular weight excluding hydrogens is 218 g/mol. The molecule has 0 bridgehead atoms. The van der Waals surface area contributed by atoms with Gasteiger partial charge in [-0.25, -0.2) is 0 Å². The van der Waals surface area contributed by atoms with Gasteiger partial charge in [-0.2, -0.15) is 0 Å². The fourth-order valence-electron chi connectivity index (χ4n) is 1.43. The van der Waals surface area contributed by atoms with E-state index in [1.807, 2.05) is 32.3 Å². The molecule has 96 valence electrons. The van der Waals surface area contributed by atoms with Crippen LogP contribution in [0.15, 0.2) is 6.33 Å². The lowest BCUT2D eigenvalue weighted by Crippen LogP contribution is -2.44. The Kier molecular flexibility index (Phi) is 4.62. The summed E-state index contributed by atoms with van der Waals surface area (Å²) >= 11 is 0. The van der Waals surface area contributed by atoms with Gasteiger partial charge in [0.05, 0.1) is 13.1 Å². The molecule has 1 heterocycles. The Hall–Kier alpha value is -1.43. The van der Waals surface area contributed by atoms with Crippen LogP contribution in [0, 0.1) is 0 Å². The largest absolute Gasteiger partial charge is 0.350 e. The van der Waals surface area contributed by atoms with Crippen LogP contribution in [-0.4, -0.2) is 32.8 Å². The number of nitrogens with one attached hydrogen (secondary N) is 2. The predicted octanol–water partition coefficient (Wildman–Crippen LogP) is 0.302. The summed E-state index contributed by atoms with van der Waals surface area (Å²) in [5, 5.41) is 13.7. The number of rotatable bonds is 5. The second-order valence-electron chi connectivity index (χ2n) is 4.93. The van der Waals surface area contributed by atoms with Gasteiger partial charge in [0, 0.05) is 12.1 Å². The number of amides is 1. The Morgan fingerprint density at radius 3 is 2.76 bits per heavy atom. The first kappa shape index (κ1) is 13.6. The number of hydrogen-bond acceptors (Lipinski definition) is 4. The van der Waals surface area contributed by atoms with Crippen molar-refractivity contribution in [3.05, 3.63) is 12.2 Å². The van der Waals surface area contributed by atoms with Gasteiger partial charge in [-0.15, -0.1) is 10.2 Å². The fourth-order valence-corrected chi connectivity index (χ4v) is 1.43. The number of aryl methyl sites for hydroxylation is 1. The van der Waals surface area contributed by atoms with Crippen LogP contribution in [0.2, 0.25) is 0 Å². The molecule has 0 radical (unpaired) electrons. The van der Waals surface area contributed by atoms with Gasteiger partial charge in [-0.1, -0.05) is 0 Å². The molecule has 0 spiro atoms. The molecule has 6 nitrogen and oxygen atoms in total. The quantitative estimate of drug-likeness (QED) is 0.775. The van der Waals surface area contributed by atoms with Crippen molar-refractivity contribution in [2.75, 3.05) is 6.54 Å². The number of aromatic nitrogens is 3. The summed E-state index contributed by atoms with van der Waals surface area (Å²) in [5.41, 5.74) is -0.192. The van der Waals surface area contributed by atoms with Crippen LogP contribution in [0.4, 0.5) is 0 Å². The molecule has 1 aromatic heterocycles. The lowest BCUT2D eigenvalue weighted by atomic mass is 10.1. The first-order chi connectivity index (χ1) is 7.92. The van der Waals surface area contributed by atoms with Crippen LogP contribution in [0.5, 0.6) is 0 Å². The smallest absolute Gasteiger partial charge is 0.234 e. The maximum absolute atomic E-state index is 11.5. The van der Waals surface area contributed by atoms with Crippen LogP contribution in [0.1, 0.15) is 33.5 Å². The average Bonchev–Trinajstić information content (AvgIpc) is 2.62. The third kappa shape index (κ3) is 4.95. The van der Waals surface area contributed by atoms with Crippen molar-refractivity contribution in [1.29, 1.82) is 0 Å². The number of carbonyl (C=O) groups is 1. The zero-order chi connectivity index (χ0) is 12.9. The molecule has 2 N–H and O–H groups in total. The highest BCUT2D eigenvalue weighted by Crippen LogP contribution is 1.97. The second-order valence-corrected chi connectivity index (χ2v) is 4.93. The Labute approximate surface area is 102 Å². The lowest BCUT2D eigenvalue weighted by Gasteiger charge is -2.20. The molecule has 1 rings (SSSR count). The molecule has 0 saturated carbocycles. The standard InChI is InChI=1S/C11H21N5O/c1-5-16-8-13-15-9(16)6-12-7-10(17)14-11(2,3)4/h8,12H,5-7H2,1-4H3,(H,14,17). The summed E-state index contributed by atoms with van der Waals surface area (Å²) in [6.07, 6.45) is 1.69. The molecule has 0 aliphatic carbocycles. The minimum Gasteiger partial charge on any atom is -0.350 e. The number of carbonyl (C=O) groups excluding carboxylic acids is 1. The van der Waals surface area contributed by atoms with E-state index in [4.69, 9.17) is 0 Å². The van der Waals surface area contributed by atoms with Crippen LogP contribution >= 0.6 is 0 Å². The van der Waals surface area contributed by atoms with Gasteiger partial charge >= 0.3 is 0 Å². The monoisotopic (exact) mass is 239 g/mol. The third-order valence-electron chi connectivity index (χ3n) is 2.12. The lowest BCUT2D eigenvalue weighted by molar-refractivity contribution is -0.121. The minimum absolute atomic E-state index is 0.0138. The van der Waals surface area contributed by atoms with E-state index in [9.17, 15) is 4.79 Å². The molecule has 0 atom stereocenters. The zero-order valence-corrected chi connectivity index (χ0v) is 10.9. The van der Waals surface area contributed by atoms with E-state index in [0.717, 1.165) is 12.4 Å². The Balaban J connectivity index is 2.31. The molecule has 0 fully saturated rings. The van der Waals surface area contributed by atoms with Crippen LogP contribution in [-0.2, 0) is 17.9 Å². The number of nitrogens with zero attached hydrogens (tertiary/aromatic N) is 3. The van der Waals surface area contributed by atoms with Gasteiger partial charge < -0.3 is 15.2 Å². The maximum Gasteiger partial charge on any atom is 0.234 e. The first-order valence-corrected chi connectivity index (χ1v) is 5.81. The van der Waals surface area contributed by atoms with Crippen LogP contribution in [0.3, 0.4) is 0 Å². The van der Waals surface area contributed by atoms with Crippen molar-refractivity contribution < 1.29 is 4.79 Å². The van der Waals surface area contributed by atoms with Gasteiger partial charge in [-0.3, -0.25) is 4.79 Å². The molecular formula is C11H21N5O. The molecule has 6 heteroatoms. The molecule has 1 aromatic rings. The van der Waals surface area contributed by atoms with Crippen LogP contribution < -0.4 is 10.6 Å². The molecule has 0 aromatic carbocycles. The molecule has 0 aliphatic heterocycles. The average molecular weight is 239 g/mol. The number of hydrogen-bond donors (Lipinski definition) is 2. The molecule has 0 aliphatic rings. The molecule has 1 amide bonds. The van der Waals surface area contributed by atoms with Crippen molar-refractivity contribution in [2.24, 2.45) is 0 Å². The molecule has 17 heavy (non-hydrogen) atoms. The van der Waals surface area contributed by atoms with Gasteiger partial charge in [0.2, 0.25) is 5.91 Å². The first-order valence-electron chi connectivity index (χ1n) is 5.81. The normalized spacial score (nSPS) is 11.5. The summed E-state index contributed by atoms with van der Waals surface area (Å²) in [4.78, 5) is 11.5. The highest BCUT2D eigenvalue weighted by Gasteiger charge is 2.13. The summed E-state index contributed by atoms with van der Waals surface area (Å²) in [5.74, 6) is 0.830. The van der Waals surface area contributed by atoms with Gasteiger partial charge in [-0.05, 0) is 27.7 Å². The van der Waals surface area contributed by atoms with Crippen molar-refractivity contribution in [2.45, 2.75) is 46.3 Å². The molecule has 0 unspecified atom stereocenters. The Bertz CT molecular complexity index is 366. The highest BCUT2D eigenvalue weighted by molar-refractivity contribution is 5.78. The minimum atomic E-state index is -0.192. The third-order valence-corrected chi connectivity index (χ3v) is 2.12. The van der Waals surface area contributed by atoms with Crippen molar-refractivity contribution >= 4 is 5.91 Å². The highest BCUT2D eigenvalue weighted by atomic mass is 16.2.